The fourth-order valence-electron chi connectivity index (χ4n) is 3.15. The van der Waals surface area contributed by atoms with Crippen LogP contribution in [0.5, 0.6) is 0 Å². The largest absolute Gasteiger partial charge is 0.368 e. The first-order chi connectivity index (χ1) is 8.20. The Morgan fingerprint density at radius 2 is 2.41 bits per heavy atom. The van der Waals surface area contributed by atoms with Crippen LogP contribution in [0.2, 0.25) is 0 Å². The molecular weight excluding hydrogens is 214 g/mol. The van der Waals surface area contributed by atoms with Crippen molar-refractivity contribution in [3.05, 3.63) is 23.9 Å². The first-order valence-electron chi connectivity index (χ1n) is 6.54. The average molecular weight is 233 g/mol. The SMILES string of the molecule is C[C@]12OCC[C@H]1C(=O)N/C2=C\[C@@H]1C=CCCC1. The fourth-order valence-corrected chi connectivity index (χ4v) is 3.15. The van der Waals surface area contributed by atoms with Crippen LogP contribution >= 0.6 is 0 Å². The minimum absolute atomic E-state index is 0.0151. The Morgan fingerprint density at radius 3 is 3.18 bits per heavy atom. The Bertz CT molecular complexity index is 399. The van der Waals surface area contributed by atoms with E-state index in [2.05, 4.69) is 23.5 Å². The molecule has 0 unspecified atom stereocenters. The van der Waals surface area contributed by atoms with Crippen LogP contribution in [0.25, 0.3) is 0 Å². The molecule has 17 heavy (non-hydrogen) atoms. The molecule has 0 aromatic carbocycles. The van der Waals surface area contributed by atoms with Gasteiger partial charge in [-0.25, -0.2) is 0 Å². The lowest BCUT2D eigenvalue weighted by atomic mass is 9.87. The monoisotopic (exact) mass is 233 g/mol. The van der Waals surface area contributed by atoms with Gasteiger partial charge < -0.3 is 10.1 Å². The second-order valence-electron chi connectivity index (χ2n) is 5.39. The Kier molecular flexibility index (Phi) is 2.58. The van der Waals surface area contributed by atoms with Crippen molar-refractivity contribution in [2.75, 3.05) is 6.61 Å². The highest BCUT2D eigenvalue weighted by molar-refractivity contribution is 5.86. The molecule has 0 aromatic heterocycles. The molecule has 1 amide bonds. The predicted molar refractivity (Wildman–Crippen MR) is 65.2 cm³/mol. The number of nitrogens with one attached hydrogen (secondary N) is 1. The molecule has 0 saturated carbocycles. The van der Waals surface area contributed by atoms with Crippen LogP contribution in [0.1, 0.15) is 32.6 Å². The van der Waals surface area contributed by atoms with E-state index in [0.29, 0.717) is 12.5 Å². The van der Waals surface area contributed by atoms with Gasteiger partial charge in [-0.2, -0.15) is 0 Å². The molecule has 2 aliphatic heterocycles. The van der Waals surface area contributed by atoms with Crippen LogP contribution in [0.15, 0.2) is 23.9 Å². The van der Waals surface area contributed by atoms with Crippen molar-refractivity contribution in [1.82, 2.24) is 5.32 Å². The molecular formula is C14H19NO2. The maximum absolute atomic E-state index is 11.9. The van der Waals surface area contributed by atoms with Gasteiger partial charge in [0.25, 0.3) is 0 Å². The van der Waals surface area contributed by atoms with Gasteiger partial charge in [0, 0.05) is 12.3 Å². The van der Waals surface area contributed by atoms with Gasteiger partial charge in [-0.05, 0) is 38.5 Å². The number of hydrogen-bond donors (Lipinski definition) is 1. The summed E-state index contributed by atoms with van der Waals surface area (Å²) in [6.45, 7) is 2.74. The van der Waals surface area contributed by atoms with Crippen LogP contribution in [0.4, 0.5) is 0 Å². The van der Waals surface area contributed by atoms with Crippen molar-refractivity contribution in [3.63, 3.8) is 0 Å². The Labute approximate surface area is 102 Å². The zero-order chi connectivity index (χ0) is 11.9. The average Bonchev–Trinajstić information content (AvgIpc) is 2.81. The van der Waals surface area contributed by atoms with Crippen LogP contribution in [0, 0.1) is 11.8 Å². The highest BCUT2D eigenvalue weighted by atomic mass is 16.5. The van der Waals surface area contributed by atoms with E-state index in [0.717, 1.165) is 12.1 Å². The van der Waals surface area contributed by atoms with Crippen LogP contribution in [0.3, 0.4) is 0 Å². The molecule has 2 fully saturated rings. The van der Waals surface area contributed by atoms with Crippen molar-refractivity contribution < 1.29 is 9.53 Å². The molecule has 2 saturated heterocycles. The number of rotatable bonds is 1. The first kappa shape index (κ1) is 11.0. The minimum atomic E-state index is -0.387. The number of allylic oxidation sites excluding steroid dienone is 3. The van der Waals surface area contributed by atoms with E-state index in [1.54, 1.807) is 0 Å². The number of amides is 1. The first-order valence-corrected chi connectivity index (χ1v) is 6.54. The van der Waals surface area contributed by atoms with Gasteiger partial charge in [0.05, 0.1) is 5.92 Å². The van der Waals surface area contributed by atoms with E-state index in [1.165, 1.54) is 19.3 Å². The molecule has 1 N–H and O–H groups in total. The zero-order valence-corrected chi connectivity index (χ0v) is 10.2. The smallest absolute Gasteiger partial charge is 0.230 e. The van der Waals surface area contributed by atoms with Crippen molar-refractivity contribution in [2.45, 2.75) is 38.2 Å². The third-order valence-corrected chi connectivity index (χ3v) is 4.25. The van der Waals surface area contributed by atoms with Gasteiger partial charge in [-0.1, -0.05) is 18.2 Å². The highest BCUT2D eigenvalue weighted by Crippen LogP contribution is 2.42. The second-order valence-corrected chi connectivity index (χ2v) is 5.39. The van der Waals surface area contributed by atoms with Crippen LogP contribution in [-0.4, -0.2) is 18.1 Å². The summed E-state index contributed by atoms with van der Waals surface area (Å²) in [6, 6.07) is 0. The Balaban J connectivity index is 1.87. The molecule has 3 atom stereocenters. The minimum Gasteiger partial charge on any atom is -0.368 e. The molecule has 3 aliphatic rings. The van der Waals surface area contributed by atoms with Crippen LogP contribution < -0.4 is 5.32 Å². The number of hydrogen-bond acceptors (Lipinski definition) is 2. The summed E-state index contributed by atoms with van der Waals surface area (Å²) in [5.74, 6) is 0.608. The predicted octanol–water partition coefficient (Wildman–Crippen LogP) is 2.15. The highest BCUT2D eigenvalue weighted by Gasteiger charge is 2.53. The number of carbonyl (C=O) groups excluding carboxylic acids is 1. The molecule has 3 rings (SSSR count). The van der Waals surface area contributed by atoms with Crippen LogP contribution in [-0.2, 0) is 9.53 Å². The number of ether oxygens (including phenoxy) is 1. The standard InChI is InChI=1S/C14H19NO2/c1-14-11(7-8-17-14)13(16)15-12(14)9-10-5-3-2-4-6-10/h3,5,9-11H,2,4,6-8H2,1H3,(H,15,16)/b12-9-/t10-,11+,14+/m1/s1. The van der Waals surface area contributed by atoms with Crippen molar-refractivity contribution in [3.8, 4) is 0 Å². The maximum atomic E-state index is 11.9. The summed E-state index contributed by atoms with van der Waals surface area (Å²) in [5.41, 5.74) is 0.601. The molecule has 1 aliphatic carbocycles. The van der Waals surface area contributed by atoms with Gasteiger partial charge in [-0.3, -0.25) is 4.79 Å². The van der Waals surface area contributed by atoms with E-state index in [4.69, 9.17) is 4.74 Å². The third-order valence-electron chi connectivity index (χ3n) is 4.25. The molecule has 0 spiro atoms. The topological polar surface area (TPSA) is 38.3 Å². The normalized spacial score (nSPS) is 42.9. The summed E-state index contributed by atoms with van der Waals surface area (Å²) in [5, 5.41) is 3.01. The summed E-state index contributed by atoms with van der Waals surface area (Å²) < 4.78 is 5.81. The quantitative estimate of drug-likeness (QED) is 0.705. The molecule has 3 heteroatoms. The van der Waals surface area contributed by atoms with Crippen molar-refractivity contribution in [1.29, 1.82) is 0 Å². The molecule has 0 aromatic rings. The molecule has 0 bridgehead atoms. The lowest BCUT2D eigenvalue weighted by Gasteiger charge is -2.24. The van der Waals surface area contributed by atoms with Gasteiger partial charge in [0.15, 0.2) is 0 Å². The van der Waals surface area contributed by atoms with E-state index in [-0.39, 0.29) is 17.4 Å². The summed E-state index contributed by atoms with van der Waals surface area (Å²) >= 11 is 0. The zero-order valence-electron chi connectivity index (χ0n) is 10.2. The molecule has 0 radical (unpaired) electrons. The Morgan fingerprint density at radius 1 is 1.53 bits per heavy atom. The maximum Gasteiger partial charge on any atom is 0.230 e. The summed E-state index contributed by atoms with van der Waals surface area (Å²) in [4.78, 5) is 11.9. The molecule has 3 nitrogen and oxygen atoms in total. The van der Waals surface area contributed by atoms with Gasteiger partial charge in [0.2, 0.25) is 5.91 Å². The molecule has 2 heterocycles. The summed E-state index contributed by atoms with van der Waals surface area (Å²) in [7, 11) is 0. The Hall–Kier alpha value is -1.09. The lowest BCUT2D eigenvalue weighted by molar-refractivity contribution is -0.123. The fraction of sp³-hybridized carbons (Fsp3) is 0.643. The summed E-state index contributed by atoms with van der Waals surface area (Å²) in [6.07, 6.45) is 11.1. The van der Waals surface area contributed by atoms with E-state index in [9.17, 15) is 4.79 Å². The molecule has 92 valence electrons. The lowest BCUT2D eigenvalue weighted by Crippen LogP contribution is -2.30. The van der Waals surface area contributed by atoms with Crippen molar-refractivity contribution in [2.24, 2.45) is 11.8 Å². The van der Waals surface area contributed by atoms with Crippen molar-refractivity contribution >= 4 is 5.91 Å². The number of carbonyl (C=O) groups is 1. The second kappa shape index (κ2) is 3.98. The number of fused-ring (bicyclic) bond motifs is 1. The third kappa shape index (κ3) is 1.73. The van der Waals surface area contributed by atoms with Gasteiger partial charge >= 0.3 is 0 Å². The van der Waals surface area contributed by atoms with E-state index in [1.807, 2.05) is 6.92 Å². The van der Waals surface area contributed by atoms with Gasteiger partial charge in [0.1, 0.15) is 5.60 Å². The van der Waals surface area contributed by atoms with E-state index >= 15 is 0 Å². The van der Waals surface area contributed by atoms with E-state index < -0.39 is 0 Å². The van der Waals surface area contributed by atoms with Gasteiger partial charge in [-0.15, -0.1) is 0 Å².